The summed E-state index contributed by atoms with van der Waals surface area (Å²) < 4.78 is 2.83. The number of hydrogen-bond donors (Lipinski definition) is 1. The number of para-hydroxylation sites is 1. The smallest absolute Gasteiger partial charge is 0.178 e. The van der Waals surface area contributed by atoms with Crippen molar-refractivity contribution in [3.05, 3.63) is 63.9 Å². The molecule has 2 aromatic carbocycles. The summed E-state index contributed by atoms with van der Waals surface area (Å²) in [5, 5.41) is 0.745. The van der Waals surface area contributed by atoms with Gasteiger partial charge in [0.1, 0.15) is 0 Å². The third-order valence-electron chi connectivity index (χ3n) is 3.43. The molecule has 3 aromatic rings. The average molecular weight is 303 g/mol. The predicted octanol–water partition coefficient (Wildman–Crippen LogP) is 4.99. The fourth-order valence-electron chi connectivity index (χ4n) is 2.47. The Morgan fingerprint density at radius 2 is 1.85 bits per heavy atom. The maximum atomic E-state index is 6.28. The highest BCUT2D eigenvalue weighted by Gasteiger charge is 2.07. The van der Waals surface area contributed by atoms with Gasteiger partial charge < -0.3 is 9.55 Å². The van der Waals surface area contributed by atoms with Gasteiger partial charge in [-0.1, -0.05) is 48.0 Å². The first-order valence-corrected chi connectivity index (χ1v) is 7.45. The molecule has 0 bridgehead atoms. The summed E-state index contributed by atoms with van der Waals surface area (Å²) in [6.07, 6.45) is 2.08. The van der Waals surface area contributed by atoms with E-state index in [2.05, 4.69) is 33.8 Å². The number of aryl methyl sites for hydroxylation is 2. The highest BCUT2D eigenvalue weighted by Crippen LogP contribution is 2.23. The first kappa shape index (κ1) is 13.4. The van der Waals surface area contributed by atoms with E-state index in [0.29, 0.717) is 0 Å². The van der Waals surface area contributed by atoms with E-state index in [1.807, 2.05) is 24.3 Å². The molecule has 0 fully saturated rings. The molecule has 1 N–H and O–H groups in total. The minimum atomic E-state index is 0.737. The van der Waals surface area contributed by atoms with Crippen LogP contribution in [0.4, 0.5) is 0 Å². The Labute approximate surface area is 128 Å². The number of H-pyrrole nitrogens is 1. The number of benzene rings is 2. The summed E-state index contributed by atoms with van der Waals surface area (Å²) in [6, 6.07) is 16.3. The number of hydrogen-bond acceptors (Lipinski definition) is 1. The Bertz CT molecular complexity index is 774. The topological polar surface area (TPSA) is 20.7 Å². The van der Waals surface area contributed by atoms with Crippen molar-refractivity contribution in [2.24, 2.45) is 0 Å². The number of aromatic nitrogens is 2. The molecule has 2 nitrogen and oxygen atoms in total. The van der Waals surface area contributed by atoms with Crippen molar-refractivity contribution in [2.45, 2.75) is 19.4 Å². The van der Waals surface area contributed by atoms with Crippen molar-refractivity contribution in [1.29, 1.82) is 0 Å². The van der Waals surface area contributed by atoms with Gasteiger partial charge in [-0.05, 0) is 42.8 Å². The summed E-state index contributed by atoms with van der Waals surface area (Å²) in [5.41, 5.74) is 3.36. The van der Waals surface area contributed by atoms with Crippen LogP contribution >= 0.6 is 23.8 Å². The Kier molecular flexibility index (Phi) is 3.90. The van der Waals surface area contributed by atoms with Gasteiger partial charge in [0.25, 0.3) is 0 Å². The number of halogens is 1. The highest BCUT2D eigenvalue weighted by atomic mass is 35.5. The summed E-state index contributed by atoms with van der Waals surface area (Å²) >= 11 is 11.7. The molecule has 0 aliphatic rings. The van der Waals surface area contributed by atoms with Gasteiger partial charge in [-0.25, -0.2) is 0 Å². The van der Waals surface area contributed by atoms with Crippen molar-refractivity contribution in [1.82, 2.24) is 9.55 Å². The second kappa shape index (κ2) is 5.81. The van der Waals surface area contributed by atoms with Gasteiger partial charge in [0.15, 0.2) is 4.77 Å². The van der Waals surface area contributed by atoms with Crippen LogP contribution in [0.15, 0.2) is 48.5 Å². The molecule has 1 heterocycles. The third kappa shape index (κ3) is 2.65. The van der Waals surface area contributed by atoms with Crippen LogP contribution in [-0.4, -0.2) is 9.55 Å². The van der Waals surface area contributed by atoms with E-state index in [4.69, 9.17) is 23.8 Å². The Morgan fingerprint density at radius 3 is 2.65 bits per heavy atom. The molecule has 0 unspecified atom stereocenters. The fraction of sp³-hybridized carbons (Fsp3) is 0.188. The van der Waals surface area contributed by atoms with Crippen LogP contribution in [0.1, 0.15) is 12.0 Å². The lowest BCUT2D eigenvalue weighted by Gasteiger charge is -2.06. The zero-order chi connectivity index (χ0) is 13.9. The van der Waals surface area contributed by atoms with Crippen LogP contribution in [0.2, 0.25) is 5.02 Å². The quantitative estimate of drug-likeness (QED) is 0.674. The van der Waals surface area contributed by atoms with E-state index in [1.165, 1.54) is 5.56 Å². The molecular formula is C16H15ClN2S. The molecule has 0 aliphatic heterocycles. The molecule has 3 rings (SSSR count). The molecule has 0 atom stereocenters. The number of imidazole rings is 1. The van der Waals surface area contributed by atoms with Crippen molar-refractivity contribution < 1.29 is 0 Å². The van der Waals surface area contributed by atoms with Gasteiger partial charge in [0.2, 0.25) is 0 Å². The molecule has 0 spiro atoms. The number of aromatic amines is 1. The van der Waals surface area contributed by atoms with Gasteiger partial charge in [-0.3, -0.25) is 0 Å². The zero-order valence-electron chi connectivity index (χ0n) is 11.0. The van der Waals surface area contributed by atoms with E-state index < -0.39 is 0 Å². The maximum Gasteiger partial charge on any atom is 0.178 e. The maximum absolute atomic E-state index is 6.28. The van der Waals surface area contributed by atoms with E-state index in [9.17, 15) is 0 Å². The van der Waals surface area contributed by atoms with Crippen LogP contribution in [-0.2, 0) is 13.0 Å². The van der Waals surface area contributed by atoms with E-state index in [1.54, 1.807) is 0 Å². The molecule has 0 saturated carbocycles. The second-order valence-electron chi connectivity index (χ2n) is 4.81. The van der Waals surface area contributed by atoms with Gasteiger partial charge in [-0.15, -0.1) is 0 Å². The minimum Gasteiger partial charge on any atom is -0.331 e. The van der Waals surface area contributed by atoms with Gasteiger partial charge in [0, 0.05) is 6.54 Å². The summed E-state index contributed by atoms with van der Waals surface area (Å²) in [7, 11) is 0. The van der Waals surface area contributed by atoms with E-state index in [0.717, 1.165) is 40.2 Å². The van der Waals surface area contributed by atoms with E-state index in [-0.39, 0.29) is 0 Å². The Balaban J connectivity index is 1.81. The molecule has 0 radical (unpaired) electrons. The normalized spacial score (nSPS) is 11.1. The van der Waals surface area contributed by atoms with Crippen molar-refractivity contribution >= 4 is 34.9 Å². The number of fused-ring (bicyclic) bond motifs is 1. The monoisotopic (exact) mass is 302 g/mol. The minimum absolute atomic E-state index is 0.737. The first-order valence-electron chi connectivity index (χ1n) is 6.66. The number of nitrogens with one attached hydrogen (secondary N) is 1. The van der Waals surface area contributed by atoms with E-state index >= 15 is 0 Å². The zero-order valence-corrected chi connectivity index (χ0v) is 12.5. The number of nitrogens with zero attached hydrogens (tertiary/aromatic N) is 1. The first-order chi connectivity index (χ1) is 9.75. The Hall–Kier alpha value is -1.58. The molecule has 102 valence electrons. The van der Waals surface area contributed by atoms with Crippen LogP contribution < -0.4 is 0 Å². The average Bonchev–Trinajstić information content (AvgIpc) is 2.78. The highest BCUT2D eigenvalue weighted by molar-refractivity contribution is 7.71. The molecule has 20 heavy (non-hydrogen) atoms. The van der Waals surface area contributed by atoms with Crippen LogP contribution in [0.25, 0.3) is 11.0 Å². The molecule has 0 saturated heterocycles. The predicted molar refractivity (Wildman–Crippen MR) is 86.9 cm³/mol. The largest absolute Gasteiger partial charge is 0.331 e. The third-order valence-corrected chi connectivity index (χ3v) is 4.06. The van der Waals surface area contributed by atoms with Crippen molar-refractivity contribution in [3.63, 3.8) is 0 Å². The SMILES string of the molecule is S=c1[nH]c2cccc(Cl)c2n1CCCc1ccccc1. The van der Waals surface area contributed by atoms with Crippen LogP contribution in [0.3, 0.4) is 0 Å². The summed E-state index contributed by atoms with van der Waals surface area (Å²) in [5.74, 6) is 0. The van der Waals surface area contributed by atoms with Crippen molar-refractivity contribution in [2.75, 3.05) is 0 Å². The number of rotatable bonds is 4. The fourth-order valence-corrected chi connectivity index (χ4v) is 3.04. The van der Waals surface area contributed by atoms with Gasteiger partial charge >= 0.3 is 0 Å². The second-order valence-corrected chi connectivity index (χ2v) is 5.60. The van der Waals surface area contributed by atoms with Gasteiger partial charge in [0.05, 0.1) is 16.1 Å². The van der Waals surface area contributed by atoms with Crippen LogP contribution in [0, 0.1) is 4.77 Å². The lowest BCUT2D eigenvalue weighted by Crippen LogP contribution is -2.00. The standard InChI is InChI=1S/C16H15ClN2S/c17-13-9-4-10-14-15(13)19(16(20)18-14)11-5-8-12-6-2-1-3-7-12/h1-4,6-7,9-10H,5,8,11H2,(H,18,20). The van der Waals surface area contributed by atoms with Crippen molar-refractivity contribution in [3.8, 4) is 0 Å². The Morgan fingerprint density at radius 1 is 1.05 bits per heavy atom. The summed E-state index contributed by atoms with van der Waals surface area (Å²) in [6.45, 7) is 0.872. The molecular weight excluding hydrogens is 288 g/mol. The lowest BCUT2D eigenvalue weighted by molar-refractivity contribution is 0.650. The van der Waals surface area contributed by atoms with Gasteiger partial charge in [-0.2, -0.15) is 0 Å². The lowest BCUT2D eigenvalue weighted by atomic mass is 10.1. The molecule has 0 amide bonds. The molecule has 4 heteroatoms. The molecule has 0 aliphatic carbocycles. The molecule has 1 aromatic heterocycles. The summed E-state index contributed by atoms with van der Waals surface area (Å²) in [4.78, 5) is 3.21. The van der Waals surface area contributed by atoms with Crippen LogP contribution in [0.5, 0.6) is 0 Å².